The van der Waals surface area contributed by atoms with Crippen molar-refractivity contribution in [3.8, 4) is 0 Å². The first-order valence-electron chi connectivity index (χ1n) is 8.17. The first-order valence-corrected chi connectivity index (χ1v) is 8.17. The van der Waals surface area contributed by atoms with Crippen LogP contribution in [0.3, 0.4) is 0 Å². The lowest BCUT2D eigenvalue weighted by Gasteiger charge is -2.51. The number of hydrogen-bond donors (Lipinski definition) is 3. The highest BCUT2D eigenvalue weighted by Crippen LogP contribution is 2.42. The topological polar surface area (TPSA) is 73.2 Å². The summed E-state index contributed by atoms with van der Waals surface area (Å²) in [6.45, 7) is 7.65. The van der Waals surface area contributed by atoms with E-state index in [1.54, 1.807) is 0 Å². The molecule has 1 aliphatic rings. The maximum absolute atomic E-state index is 11.2. The van der Waals surface area contributed by atoms with Crippen molar-refractivity contribution in [3.05, 3.63) is 34.9 Å². The lowest BCUT2D eigenvalue weighted by Crippen LogP contribution is -2.60. The average molecular weight is 323 g/mol. The van der Waals surface area contributed by atoms with Gasteiger partial charge in [0.05, 0.1) is 24.9 Å². The van der Waals surface area contributed by atoms with Crippen LogP contribution in [0.15, 0.2) is 18.2 Å². The van der Waals surface area contributed by atoms with E-state index in [2.05, 4.69) is 17.9 Å². The molecule has 5 heteroatoms. The fraction of sp³-hybridized carbons (Fsp3) is 0.667. The molecule has 1 heterocycles. The number of ether oxygens (including phenoxy) is 1. The summed E-state index contributed by atoms with van der Waals surface area (Å²) in [6.07, 6.45) is -1.25. The van der Waals surface area contributed by atoms with E-state index in [9.17, 15) is 15.3 Å². The first-order chi connectivity index (χ1) is 10.7. The molecule has 130 valence electrons. The maximum Gasteiger partial charge on any atom is 0.188 e. The van der Waals surface area contributed by atoms with E-state index >= 15 is 0 Å². The molecule has 0 amide bonds. The van der Waals surface area contributed by atoms with Gasteiger partial charge in [0.25, 0.3) is 0 Å². The van der Waals surface area contributed by atoms with E-state index in [-0.39, 0.29) is 18.6 Å². The Morgan fingerprint density at radius 3 is 2.48 bits per heavy atom. The van der Waals surface area contributed by atoms with Gasteiger partial charge >= 0.3 is 0 Å². The summed E-state index contributed by atoms with van der Waals surface area (Å²) in [5, 5.41) is 30.2. The van der Waals surface area contributed by atoms with Gasteiger partial charge in [-0.2, -0.15) is 0 Å². The molecule has 3 N–H and O–H groups in total. The third-order valence-corrected chi connectivity index (χ3v) is 5.13. The molecule has 0 saturated carbocycles. The van der Waals surface area contributed by atoms with Crippen molar-refractivity contribution in [2.75, 3.05) is 13.7 Å². The van der Waals surface area contributed by atoms with Crippen LogP contribution in [0.25, 0.3) is 0 Å². The molecule has 1 aromatic rings. The van der Waals surface area contributed by atoms with Crippen LogP contribution >= 0.6 is 0 Å². The van der Waals surface area contributed by atoms with Gasteiger partial charge in [0.15, 0.2) is 5.79 Å². The third kappa shape index (κ3) is 3.59. The zero-order chi connectivity index (χ0) is 17.4. The Bertz CT molecular complexity index is 546. The number of aliphatic hydroxyl groups is 3. The van der Waals surface area contributed by atoms with Crippen LogP contribution in [0.1, 0.15) is 43.0 Å². The number of likely N-dealkylation sites (N-methyl/N-ethyl adjacent to an activating group) is 1. The summed E-state index contributed by atoms with van der Waals surface area (Å²) in [7, 11) is 1.96. The van der Waals surface area contributed by atoms with Crippen LogP contribution in [-0.4, -0.2) is 57.9 Å². The molecule has 1 aliphatic heterocycles. The number of hydrogen-bond acceptors (Lipinski definition) is 5. The van der Waals surface area contributed by atoms with Crippen molar-refractivity contribution in [2.24, 2.45) is 0 Å². The van der Waals surface area contributed by atoms with Crippen molar-refractivity contribution in [1.82, 2.24) is 4.90 Å². The molecule has 5 atom stereocenters. The second kappa shape index (κ2) is 6.87. The standard InChI is InChI=1S/C18H29NO4/c1-11-6-7-15(8-12(11)2)17-18(22,9-16(21)10-20)23-14(4)13(3)19(17)5/h6-8,13-14,16-17,20-22H,9-10H2,1-5H3. The monoisotopic (exact) mass is 323 g/mol. The Labute approximate surface area is 138 Å². The highest BCUT2D eigenvalue weighted by Gasteiger charge is 2.50. The number of benzene rings is 1. The van der Waals surface area contributed by atoms with E-state index in [1.165, 1.54) is 5.56 Å². The summed E-state index contributed by atoms with van der Waals surface area (Å²) in [5.41, 5.74) is 3.28. The molecule has 5 nitrogen and oxygen atoms in total. The van der Waals surface area contributed by atoms with Gasteiger partial charge in [0.2, 0.25) is 0 Å². The molecule has 0 bridgehead atoms. The number of morpholine rings is 1. The number of rotatable bonds is 4. The van der Waals surface area contributed by atoms with Gasteiger partial charge in [-0.25, -0.2) is 0 Å². The fourth-order valence-electron chi connectivity index (χ4n) is 3.36. The van der Waals surface area contributed by atoms with Gasteiger partial charge in [0, 0.05) is 12.5 Å². The van der Waals surface area contributed by atoms with Crippen molar-refractivity contribution in [2.45, 2.75) is 64.2 Å². The van der Waals surface area contributed by atoms with E-state index in [4.69, 9.17) is 4.74 Å². The van der Waals surface area contributed by atoms with Gasteiger partial charge < -0.3 is 20.1 Å². The maximum atomic E-state index is 11.2. The van der Waals surface area contributed by atoms with Crippen LogP contribution in [0.5, 0.6) is 0 Å². The Morgan fingerprint density at radius 2 is 1.91 bits per heavy atom. The Balaban J connectivity index is 2.45. The largest absolute Gasteiger partial charge is 0.394 e. The second-order valence-corrected chi connectivity index (χ2v) is 6.86. The summed E-state index contributed by atoms with van der Waals surface area (Å²) in [5.74, 6) is -1.55. The Kier molecular flexibility index (Phi) is 5.48. The number of nitrogens with zero attached hydrogens (tertiary/aromatic N) is 1. The van der Waals surface area contributed by atoms with E-state index in [0.29, 0.717) is 0 Å². The smallest absolute Gasteiger partial charge is 0.188 e. The van der Waals surface area contributed by atoms with Crippen LogP contribution < -0.4 is 0 Å². The molecular weight excluding hydrogens is 294 g/mol. The summed E-state index contributed by atoms with van der Waals surface area (Å²) >= 11 is 0. The minimum absolute atomic E-state index is 0.0392. The Morgan fingerprint density at radius 1 is 1.26 bits per heavy atom. The zero-order valence-electron chi connectivity index (χ0n) is 14.7. The molecule has 0 spiro atoms. The van der Waals surface area contributed by atoms with Gasteiger partial charge in [-0.05, 0) is 51.4 Å². The van der Waals surface area contributed by atoms with Gasteiger partial charge in [0.1, 0.15) is 0 Å². The van der Waals surface area contributed by atoms with Crippen molar-refractivity contribution >= 4 is 0 Å². The number of aryl methyl sites for hydroxylation is 2. The molecule has 0 aliphatic carbocycles. The second-order valence-electron chi connectivity index (χ2n) is 6.86. The lowest BCUT2D eigenvalue weighted by molar-refractivity contribution is -0.314. The van der Waals surface area contributed by atoms with Crippen LogP contribution in [0, 0.1) is 13.8 Å². The zero-order valence-corrected chi connectivity index (χ0v) is 14.7. The predicted molar refractivity (Wildman–Crippen MR) is 89.1 cm³/mol. The molecule has 0 aromatic heterocycles. The fourth-order valence-corrected chi connectivity index (χ4v) is 3.36. The van der Waals surface area contributed by atoms with Gasteiger partial charge in [-0.15, -0.1) is 0 Å². The lowest BCUT2D eigenvalue weighted by atomic mass is 9.87. The highest BCUT2D eigenvalue weighted by molar-refractivity contribution is 5.33. The molecule has 1 fully saturated rings. The van der Waals surface area contributed by atoms with E-state index in [0.717, 1.165) is 11.1 Å². The molecule has 23 heavy (non-hydrogen) atoms. The minimum Gasteiger partial charge on any atom is -0.394 e. The first kappa shape index (κ1) is 18.4. The summed E-state index contributed by atoms with van der Waals surface area (Å²) < 4.78 is 5.91. The normalized spacial score (nSPS) is 33.7. The summed E-state index contributed by atoms with van der Waals surface area (Å²) in [6, 6.07) is 5.79. The van der Waals surface area contributed by atoms with Gasteiger partial charge in [-0.3, -0.25) is 4.90 Å². The van der Waals surface area contributed by atoms with Gasteiger partial charge in [-0.1, -0.05) is 18.2 Å². The van der Waals surface area contributed by atoms with Crippen LogP contribution in [0.2, 0.25) is 0 Å². The molecular formula is C18H29NO4. The van der Waals surface area contributed by atoms with E-state index < -0.39 is 24.5 Å². The molecule has 2 rings (SSSR count). The van der Waals surface area contributed by atoms with Crippen molar-refractivity contribution in [1.29, 1.82) is 0 Å². The third-order valence-electron chi connectivity index (χ3n) is 5.13. The molecule has 1 saturated heterocycles. The summed E-state index contributed by atoms with van der Waals surface area (Å²) in [4.78, 5) is 2.09. The highest BCUT2D eigenvalue weighted by atomic mass is 16.6. The predicted octanol–water partition coefficient (Wildman–Crippen LogP) is 1.52. The van der Waals surface area contributed by atoms with Crippen LogP contribution in [-0.2, 0) is 4.74 Å². The SMILES string of the molecule is Cc1ccc(C2N(C)C(C)C(C)OC2(O)CC(O)CO)cc1C. The minimum atomic E-state index is -1.55. The molecule has 1 aromatic carbocycles. The Hall–Kier alpha value is -0.980. The molecule has 5 unspecified atom stereocenters. The van der Waals surface area contributed by atoms with E-state index in [1.807, 2.05) is 40.0 Å². The van der Waals surface area contributed by atoms with Crippen molar-refractivity contribution in [3.63, 3.8) is 0 Å². The molecule has 0 radical (unpaired) electrons. The van der Waals surface area contributed by atoms with Crippen LogP contribution in [0.4, 0.5) is 0 Å². The quantitative estimate of drug-likeness (QED) is 0.783. The van der Waals surface area contributed by atoms with Crippen molar-refractivity contribution < 1.29 is 20.1 Å². The number of aliphatic hydroxyl groups excluding tert-OH is 2. The average Bonchev–Trinajstić information content (AvgIpc) is 2.48.